The van der Waals surface area contributed by atoms with Crippen molar-refractivity contribution in [3.8, 4) is 0 Å². The number of hydrogen-bond donors (Lipinski definition) is 2. The third kappa shape index (κ3) is 8.82. The van der Waals surface area contributed by atoms with Gasteiger partial charge < -0.3 is 10.6 Å². The lowest BCUT2D eigenvalue weighted by Crippen LogP contribution is -2.38. The molecule has 3 nitrogen and oxygen atoms in total. The molecule has 0 aliphatic heterocycles. The highest BCUT2D eigenvalue weighted by molar-refractivity contribution is 14.0. The minimum Gasteiger partial charge on any atom is -0.357 e. The van der Waals surface area contributed by atoms with Crippen LogP contribution in [-0.4, -0.2) is 32.0 Å². The molecule has 1 rings (SSSR count). The number of hydrogen-bond acceptors (Lipinski definition) is 1. The first kappa shape index (κ1) is 21.5. The van der Waals surface area contributed by atoms with E-state index in [0.29, 0.717) is 41.9 Å². The van der Waals surface area contributed by atoms with E-state index in [9.17, 15) is 13.2 Å². The monoisotopic (exact) mass is 493 g/mol. The Labute approximate surface area is 154 Å². The molecule has 0 aliphatic carbocycles. The highest BCUT2D eigenvalue weighted by atomic mass is 127. The Kier molecular flexibility index (Phi) is 11.7. The van der Waals surface area contributed by atoms with Crippen molar-refractivity contribution in [1.82, 2.24) is 10.6 Å². The third-order valence-corrected chi connectivity index (χ3v) is 3.16. The minimum absolute atomic E-state index is 0. The molecule has 0 fully saturated rings. The highest BCUT2D eigenvalue weighted by Gasteiger charge is 2.04. The number of aryl methyl sites for hydroxylation is 1. The number of nitrogens with one attached hydrogen (secondary N) is 2. The van der Waals surface area contributed by atoms with Crippen LogP contribution in [0.3, 0.4) is 0 Å². The van der Waals surface area contributed by atoms with Gasteiger partial charge in [-0.25, -0.2) is 18.2 Å². The van der Waals surface area contributed by atoms with Gasteiger partial charge in [-0.15, -0.1) is 24.0 Å². The molecule has 0 aliphatic rings. The molecule has 2 N–H and O–H groups in total. The summed E-state index contributed by atoms with van der Waals surface area (Å²) in [6, 6.07) is 4.95. The van der Waals surface area contributed by atoms with Crippen molar-refractivity contribution < 1.29 is 13.2 Å². The van der Waals surface area contributed by atoms with Crippen molar-refractivity contribution in [3.63, 3.8) is 0 Å². The molecule has 0 bridgehead atoms. The lowest BCUT2D eigenvalue weighted by Gasteiger charge is -2.11. The fraction of sp³-hybridized carbons (Fsp3) is 0.500. The van der Waals surface area contributed by atoms with E-state index in [1.165, 1.54) is 6.07 Å². The molecule has 0 heterocycles. The minimum atomic E-state index is -2.46. The first-order valence-corrected chi connectivity index (χ1v) is 7.56. The summed E-state index contributed by atoms with van der Waals surface area (Å²) in [6.07, 6.45) is -1.21. The molecule has 0 spiro atoms. The summed E-state index contributed by atoms with van der Waals surface area (Å²) in [7, 11) is 0. The lowest BCUT2D eigenvalue weighted by atomic mass is 10.1. The molecule has 22 heavy (non-hydrogen) atoms. The van der Waals surface area contributed by atoms with Crippen molar-refractivity contribution in [2.45, 2.75) is 26.2 Å². The number of guanidine groups is 1. The third-order valence-electron chi connectivity index (χ3n) is 2.66. The van der Waals surface area contributed by atoms with Gasteiger partial charge in [0, 0.05) is 17.6 Å². The van der Waals surface area contributed by atoms with Crippen molar-refractivity contribution in [2.24, 2.45) is 4.99 Å². The van der Waals surface area contributed by atoms with Crippen LogP contribution in [0, 0.1) is 5.82 Å². The van der Waals surface area contributed by atoms with Crippen molar-refractivity contribution in [3.05, 3.63) is 34.1 Å². The number of nitrogens with zero attached hydrogens (tertiary/aromatic N) is 1. The molecule has 0 aromatic heterocycles. The van der Waals surface area contributed by atoms with Gasteiger partial charge in [-0.2, -0.15) is 0 Å². The Hall–Kier alpha value is -0.510. The molecule has 1 aromatic rings. The molecular weight excluding hydrogens is 474 g/mol. The molecule has 0 amide bonds. The van der Waals surface area contributed by atoms with Crippen LogP contribution in [-0.2, 0) is 6.42 Å². The molecule has 126 valence electrons. The second kappa shape index (κ2) is 12.0. The number of rotatable bonds is 7. The first-order chi connectivity index (χ1) is 10.0. The molecule has 8 heteroatoms. The maximum absolute atomic E-state index is 13.6. The second-order valence-corrected chi connectivity index (χ2v) is 5.29. The highest BCUT2D eigenvalue weighted by Crippen LogP contribution is 2.16. The van der Waals surface area contributed by atoms with Crippen LogP contribution < -0.4 is 10.6 Å². The smallest absolute Gasteiger partial charge is 0.257 e. The number of benzene rings is 1. The van der Waals surface area contributed by atoms with E-state index in [0.717, 1.165) is 0 Å². The Morgan fingerprint density at radius 2 is 2.05 bits per heavy atom. The van der Waals surface area contributed by atoms with E-state index in [1.807, 2.05) is 6.92 Å². The predicted molar refractivity (Wildman–Crippen MR) is 97.8 cm³/mol. The average molecular weight is 494 g/mol. The van der Waals surface area contributed by atoms with E-state index in [4.69, 9.17) is 0 Å². The number of halogens is 5. The fourth-order valence-corrected chi connectivity index (χ4v) is 2.05. The first-order valence-electron chi connectivity index (χ1n) is 6.77. The second-order valence-electron chi connectivity index (χ2n) is 4.38. The van der Waals surface area contributed by atoms with Gasteiger partial charge in [-0.1, -0.05) is 22.0 Å². The van der Waals surface area contributed by atoms with Gasteiger partial charge in [0.1, 0.15) is 12.4 Å². The van der Waals surface area contributed by atoms with Crippen LogP contribution >= 0.6 is 39.9 Å². The zero-order chi connectivity index (χ0) is 15.7. The lowest BCUT2D eigenvalue weighted by molar-refractivity contribution is 0.158. The van der Waals surface area contributed by atoms with E-state index in [2.05, 4.69) is 31.6 Å². The molecule has 1 aromatic carbocycles. The summed E-state index contributed by atoms with van der Waals surface area (Å²) in [4.78, 5) is 3.75. The van der Waals surface area contributed by atoms with Gasteiger partial charge in [0.25, 0.3) is 6.43 Å². The predicted octanol–water partition coefficient (Wildman–Crippen LogP) is 3.96. The summed E-state index contributed by atoms with van der Waals surface area (Å²) in [5.41, 5.74) is 0.634. The normalized spacial score (nSPS) is 11.3. The fourth-order valence-electron chi connectivity index (χ4n) is 1.71. The molecule has 0 unspecified atom stereocenters. The SMILES string of the molecule is CCNC(=NCC(F)F)NCCCc1ccc(Br)cc1F.I. The van der Waals surface area contributed by atoms with Crippen LogP contribution in [0.15, 0.2) is 27.7 Å². The summed E-state index contributed by atoms with van der Waals surface area (Å²) in [5.74, 6) is 0.108. The van der Waals surface area contributed by atoms with E-state index in [1.54, 1.807) is 12.1 Å². The van der Waals surface area contributed by atoms with Crippen molar-refractivity contribution in [2.75, 3.05) is 19.6 Å². The number of aliphatic imine (C=N–C) groups is 1. The summed E-state index contributed by atoms with van der Waals surface area (Å²) >= 11 is 3.21. The summed E-state index contributed by atoms with van der Waals surface area (Å²) in [6.45, 7) is 2.45. The van der Waals surface area contributed by atoms with Gasteiger partial charge >= 0.3 is 0 Å². The summed E-state index contributed by atoms with van der Waals surface area (Å²) in [5, 5.41) is 5.83. The van der Waals surface area contributed by atoms with Crippen LogP contribution in [0.25, 0.3) is 0 Å². The van der Waals surface area contributed by atoms with E-state index >= 15 is 0 Å². The molecule has 0 saturated heterocycles. The molecule has 0 atom stereocenters. The Balaban J connectivity index is 0.00000441. The van der Waals surface area contributed by atoms with Crippen molar-refractivity contribution in [1.29, 1.82) is 0 Å². The maximum atomic E-state index is 13.6. The summed E-state index contributed by atoms with van der Waals surface area (Å²) < 4.78 is 38.5. The molecule has 0 radical (unpaired) electrons. The van der Waals surface area contributed by atoms with Crippen molar-refractivity contribution >= 4 is 45.9 Å². The Morgan fingerprint density at radius 1 is 1.32 bits per heavy atom. The van der Waals surface area contributed by atoms with Crippen LogP contribution in [0.5, 0.6) is 0 Å². The largest absolute Gasteiger partial charge is 0.357 e. The van der Waals surface area contributed by atoms with E-state index in [-0.39, 0.29) is 29.8 Å². The topological polar surface area (TPSA) is 36.4 Å². The Bertz CT molecular complexity index is 473. The Morgan fingerprint density at radius 3 is 2.64 bits per heavy atom. The van der Waals surface area contributed by atoms with Gasteiger partial charge in [0.15, 0.2) is 5.96 Å². The maximum Gasteiger partial charge on any atom is 0.257 e. The van der Waals surface area contributed by atoms with Gasteiger partial charge in [0.2, 0.25) is 0 Å². The number of alkyl halides is 2. The van der Waals surface area contributed by atoms with E-state index < -0.39 is 13.0 Å². The van der Waals surface area contributed by atoms with Gasteiger partial charge in [0.05, 0.1) is 0 Å². The quantitative estimate of drug-likeness (QED) is 0.261. The van der Waals surface area contributed by atoms with Crippen LogP contribution in [0.1, 0.15) is 18.9 Å². The van der Waals surface area contributed by atoms with Crippen LogP contribution in [0.4, 0.5) is 13.2 Å². The van der Waals surface area contributed by atoms with Crippen LogP contribution in [0.2, 0.25) is 0 Å². The molecule has 0 saturated carbocycles. The van der Waals surface area contributed by atoms with Gasteiger partial charge in [-0.3, -0.25) is 0 Å². The molecular formula is C14H20BrF3IN3. The zero-order valence-electron chi connectivity index (χ0n) is 12.2. The zero-order valence-corrected chi connectivity index (χ0v) is 16.1. The van der Waals surface area contributed by atoms with Gasteiger partial charge in [-0.05, 0) is 37.5 Å². The standard InChI is InChI=1S/C14H19BrF3N3.HI/c1-2-19-14(21-9-13(17)18)20-7-3-4-10-5-6-11(15)8-12(10)16;/h5-6,8,13H,2-4,7,9H2,1H3,(H2,19,20,21);1H. The average Bonchev–Trinajstić information content (AvgIpc) is 2.42.